The van der Waals surface area contributed by atoms with Crippen LogP contribution in [-0.2, 0) is 4.79 Å². The summed E-state index contributed by atoms with van der Waals surface area (Å²) in [4.78, 5) is 12.7. The first-order valence-corrected chi connectivity index (χ1v) is 10.5. The largest absolute Gasteiger partial charge is 0.494 e. The van der Waals surface area contributed by atoms with E-state index >= 15 is 0 Å². The van der Waals surface area contributed by atoms with Crippen LogP contribution < -0.4 is 10.1 Å². The minimum atomic E-state index is -0.197. The summed E-state index contributed by atoms with van der Waals surface area (Å²) < 4.78 is 7.75. The van der Waals surface area contributed by atoms with Crippen molar-refractivity contribution in [2.75, 3.05) is 6.61 Å². The molecule has 1 saturated heterocycles. The van der Waals surface area contributed by atoms with Crippen molar-refractivity contribution in [1.82, 2.24) is 15.1 Å². The molecule has 2 aromatic carbocycles. The predicted octanol–water partition coefficient (Wildman–Crippen LogP) is 5.08. The molecule has 1 N–H and O–H groups in total. The molecule has 8 heteroatoms. The summed E-state index contributed by atoms with van der Waals surface area (Å²) >= 11 is 12.3. The van der Waals surface area contributed by atoms with Gasteiger partial charge in [0.2, 0.25) is 0 Å². The molecule has 1 fully saturated rings. The van der Waals surface area contributed by atoms with E-state index in [0.717, 1.165) is 28.3 Å². The van der Waals surface area contributed by atoms with Gasteiger partial charge in [-0.3, -0.25) is 4.79 Å². The molecular formula is C21H16ClN3O2S2. The van der Waals surface area contributed by atoms with Gasteiger partial charge in [0.15, 0.2) is 0 Å². The SMILES string of the molecule is CCOc1ccc(-c2nn(-c3ccc(Cl)cc3)cc2/C=C2/SC(=S)NC2=O)cc1. The second kappa shape index (κ2) is 8.41. The van der Waals surface area contributed by atoms with Crippen LogP contribution in [0, 0.1) is 0 Å². The fourth-order valence-corrected chi connectivity index (χ4v) is 4.04. The van der Waals surface area contributed by atoms with Crippen LogP contribution in [0.4, 0.5) is 0 Å². The zero-order valence-electron chi connectivity index (χ0n) is 15.4. The normalized spacial score (nSPS) is 15.0. The number of halogens is 1. The molecule has 1 aromatic heterocycles. The summed E-state index contributed by atoms with van der Waals surface area (Å²) in [7, 11) is 0. The van der Waals surface area contributed by atoms with Gasteiger partial charge in [0.05, 0.1) is 22.9 Å². The molecule has 1 aliphatic rings. The third-order valence-electron chi connectivity index (χ3n) is 4.20. The van der Waals surface area contributed by atoms with E-state index in [9.17, 15) is 4.79 Å². The molecule has 4 rings (SSSR count). The van der Waals surface area contributed by atoms with E-state index in [-0.39, 0.29) is 5.91 Å². The Morgan fingerprint density at radius 2 is 1.93 bits per heavy atom. The number of ether oxygens (including phenoxy) is 1. The van der Waals surface area contributed by atoms with E-state index in [4.69, 9.17) is 33.7 Å². The Bertz CT molecular complexity index is 1110. The lowest BCUT2D eigenvalue weighted by Crippen LogP contribution is -2.17. The Labute approximate surface area is 182 Å². The summed E-state index contributed by atoms with van der Waals surface area (Å²) in [6, 6.07) is 15.1. The second-order valence-electron chi connectivity index (χ2n) is 6.16. The number of nitrogens with one attached hydrogen (secondary N) is 1. The van der Waals surface area contributed by atoms with Gasteiger partial charge >= 0.3 is 0 Å². The highest BCUT2D eigenvalue weighted by atomic mass is 35.5. The standard InChI is InChI=1S/C21H16ClN3O2S2/c1-2-27-17-9-3-13(4-10-17)19-14(11-18-20(26)23-21(28)29-18)12-25(24-19)16-7-5-15(22)6-8-16/h3-12H,2H2,1H3,(H,23,26,28)/b18-11+. The highest BCUT2D eigenvalue weighted by molar-refractivity contribution is 8.26. The van der Waals surface area contributed by atoms with E-state index in [1.807, 2.05) is 67.7 Å². The van der Waals surface area contributed by atoms with Crippen LogP contribution >= 0.6 is 35.6 Å². The molecular weight excluding hydrogens is 426 g/mol. The zero-order chi connectivity index (χ0) is 20.4. The molecule has 0 unspecified atom stereocenters. The van der Waals surface area contributed by atoms with E-state index in [1.54, 1.807) is 4.68 Å². The number of aromatic nitrogens is 2. The second-order valence-corrected chi connectivity index (χ2v) is 8.32. The van der Waals surface area contributed by atoms with Crippen molar-refractivity contribution in [2.24, 2.45) is 0 Å². The first kappa shape index (κ1) is 19.7. The van der Waals surface area contributed by atoms with E-state index < -0.39 is 0 Å². The van der Waals surface area contributed by atoms with E-state index in [2.05, 4.69) is 5.32 Å². The lowest BCUT2D eigenvalue weighted by Gasteiger charge is -2.04. The van der Waals surface area contributed by atoms with Crippen molar-refractivity contribution >= 4 is 51.9 Å². The molecule has 146 valence electrons. The lowest BCUT2D eigenvalue weighted by molar-refractivity contribution is -0.115. The lowest BCUT2D eigenvalue weighted by atomic mass is 10.1. The zero-order valence-corrected chi connectivity index (χ0v) is 17.8. The topological polar surface area (TPSA) is 56.1 Å². The summed E-state index contributed by atoms with van der Waals surface area (Å²) in [5, 5.41) is 8.05. The molecule has 0 aliphatic carbocycles. The van der Waals surface area contributed by atoms with E-state index in [0.29, 0.717) is 20.9 Å². The number of thioether (sulfide) groups is 1. The average Bonchev–Trinajstić information content (AvgIpc) is 3.26. The number of hydrogen-bond acceptors (Lipinski definition) is 5. The fourth-order valence-electron chi connectivity index (χ4n) is 2.88. The molecule has 0 spiro atoms. The van der Waals surface area contributed by atoms with Gasteiger partial charge in [-0.2, -0.15) is 5.10 Å². The van der Waals surface area contributed by atoms with Crippen LogP contribution in [0.1, 0.15) is 12.5 Å². The number of rotatable bonds is 5. The van der Waals surface area contributed by atoms with Gasteiger partial charge in [-0.25, -0.2) is 4.68 Å². The van der Waals surface area contributed by atoms with Crippen molar-refractivity contribution in [3.63, 3.8) is 0 Å². The highest BCUT2D eigenvalue weighted by Gasteiger charge is 2.23. The van der Waals surface area contributed by atoms with Crippen molar-refractivity contribution in [1.29, 1.82) is 0 Å². The minimum absolute atomic E-state index is 0.197. The maximum Gasteiger partial charge on any atom is 0.263 e. The Balaban J connectivity index is 1.79. The van der Waals surface area contributed by atoms with Gasteiger partial charge in [0, 0.05) is 22.3 Å². The fraction of sp³-hybridized carbons (Fsp3) is 0.0952. The van der Waals surface area contributed by atoms with Gasteiger partial charge in [-0.1, -0.05) is 35.6 Å². The van der Waals surface area contributed by atoms with Crippen molar-refractivity contribution in [3.8, 4) is 22.7 Å². The summed E-state index contributed by atoms with van der Waals surface area (Å²) in [5.41, 5.74) is 3.34. The Hall–Kier alpha value is -2.61. The summed E-state index contributed by atoms with van der Waals surface area (Å²) in [5.74, 6) is 0.598. The van der Waals surface area contributed by atoms with Crippen molar-refractivity contribution in [3.05, 3.63) is 70.2 Å². The third-order valence-corrected chi connectivity index (χ3v) is 5.62. The van der Waals surface area contributed by atoms with Crippen molar-refractivity contribution < 1.29 is 9.53 Å². The number of thiocarbonyl (C=S) groups is 1. The van der Waals surface area contributed by atoms with Gasteiger partial charge in [-0.05, 0) is 61.5 Å². The molecule has 3 aromatic rings. The first-order chi connectivity index (χ1) is 14.0. The summed E-state index contributed by atoms with van der Waals surface area (Å²) in [6.45, 7) is 2.55. The smallest absolute Gasteiger partial charge is 0.263 e. The van der Waals surface area contributed by atoms with Crippen LogP contribution in [-0.4, -0.2) is 26.6 Å². The van der Waals surface area contributed by atoms with E-state index in [1.165, 1.54) is 11.8 Å². The maximum atomic E-state index is 12.1. The number of nitrogens with zero attached hydrogens (tertiary/aromatic N) is 2. The molecule has 5 nitrogen and oxygen atoms in total. The Kier molecular flexibility index (Phi) is 5.71. The molecule has 29 heavy (non-hydrogen) atoms. The third kappa shape index (κ3) is 4.37. The van der Waals surface area contributed by atoms with Crippen LogP contribution in [0.3, 0.4) is 0 Å². The average molecular weight is 442 g/mol. The molecule has 2 heterocycles. The minimum Gasteiger partial charge on any atom is -0.494 e. The quantitative estimate of drug-likeness (QED) is 0.442. The highest BCUT2D eigenvalue weighted by Crippen LogP contribution is 2.31. The van der Waals surface area contributed by atoms with Crippen LogP contribution in [0.15, 0.2) is 59.6 Å². The van der Waals surface area contributed by atoms with Gasteiger partial charge in [-0.15, -0.1) is 0 Å². The number of amides is 1. The maximum absolute atomic E-state index is 12.1. The number of benzene rings is 2. The first-order valence-electron chi connectivity index (χ1n) is 8.87. The molecule has 0 atom stereocenters. The molecule has 0 bridgehead atoms. The predicted molar refractivity (Wildman–Crippen MR) is 121 cm³/mol. The Morgan fingerprint density at radius 1 is 1.21 bits per heavy atom. The van der Waals surface area contributed by atoms with Crippen LogP contribution in [0.5, 0.6) is 5.75 Å². The molecule has 0 saturated carbocycles. The number of carbonyl (C=O) groups is 1. The number of hydrogen-bond donors (Lipinski definition) is 1. The van der Waals surface area contributed by atoms with Crippen LogP contribution in [0.25, 0.3) is 23.0 Å². The van der Waals surface area contributed by atoms with Gasteiger partial charge < -0.3 is 10.1 Å². The molecule has 0 radical (unpaired) electrons. The van der Waals surface area contributed by atoms with Crippen LogP contribution in [0.2, 0.25) is 5.02 Å². The number of carbonyl (C=O) groups excluding carboxylic acids is 1. The monoisotopic (exact) mass is 441 g/mol. The Morgan fingerprint density at radius 3 is 2.55 bits per heavy atom. The molecule has 1 amide bonds. The van der Waals surface area contributed by atoms with Gasteiger partial charge in [0.1, 0.15) is 10.1 Å². The van der Waals surface area contributed by atoms with Gasteiger partial charge in [0.25, 0.3) is 5.91 Å². The summed E-state index contributed by atoms with van der Waals surface area (Å²) in [6.07, 6.45) is 3.70. The van der Waals surface area contributed by atoms with Crippen molar-refractivity contribution in [2.45, 2.75) is 6.92 Å². The molecule has 1 aliphatic heterocycles.